The van der Waals surface area contributed by atoms with Gasteiger partial charge >= 0.3 is 5.97 Å². The molecule has 0 amide bonds. The van der Waals surface area contributed by atoms with E-state index in [0.717, 1.165) is 5.56 Å². The van der Waals surface area contributed by atoms with Crippen LogP contribution in [-0.2, 0) is 20.7 Å². The second-order valence-corrected chi connectivity index (χ2v) is 7.25. The molecule has 3 heterocycles. The minimum absolute atomic E-state index is 0.00116. The number of nitrogens with two attached hydrogens (primary N) is 2. The maximum absolute atomic E-state index is 12.2. The molecule has 5 atom stereocenters. The number of hydrogen-bond donors (Lipinski definition) is 5. The number of esters is 1. The number of aliphatic hydroxyl groups is 2. The molecular weight excluding hydrogens is 408 g/mol. The van der Waals surface area contributed by atoms with Crippen LogP contribution in [0, 0.1) is 0 Å². The molecule has 0 radical (unpaired) electrons. The van der Waals surface area contributed by atoms with Crippen LogP contribution in [0.15, 0.2) is 41.5 Å². The summed E-state index contributed by atoms with van der Waals surface area (Å²) in [6.07, 6.45) is -3.35. The van der Waals surface area contributed by atoms with Crippen molar-refractivity contribution in [1.29, 1.82) is 0 Å². The van der Waals surface area contributed by atoms with E-state index in [1.54, 1.807) is 0 Å². The third-order valence-corrected chi connectivity index (χ3v) is 5.05. The number of benzene rings is 1. The topological polar surface area (TPSA) is 192 Å². The predicted octanol–water partition coefficient (Wildman–Crippen LogP) is -1.57. The lowest BCUT2D eigenvalue weighted by molar-refractivity contribution is -0.151. The van der Waals surface area contributed by atoms with Gasteiger partial charge < -0.3 is 31.2 Å². The predicted molar refractivity (Wildman–Crippen MR) is 108 cm³/mol. The Morgan fingerprint density at radius 2 is 2.03 bits per heavy atom. The number of aliphatic hydroxyl groups excluding tert-OH is 2. The smallest absolute Gasteiger partial charge is 0.323 e. The number of aromatic nitrogens is 4. The summed E-state index contributed by atoms with van der Waals surface area (Å²) in [7, 11) is 0. The minimum Gasteiger partial charge on any atom is -0.462 e. The first-order valence-electron chi connectivity index (χ1n) is 9.55. The van der Waals surface area contributed by atoms with Crippen LogP contribution in [-0.4, -0.2) is 66.7 Å². The van der Waals surface area contributed by atoms with Crippen molar-refractivity contribution in [1.82, 2.24) is 19.5 Å². The normalized spacial score (nSPS) is 24.4. The molecule has 1 saturated heterocycles. The van der Waals surface area contributed by atoms with Crippen LogP contribution in [0.3, 0.4) is 0 Å². The highest BCUT2D eigenvalue weighted by Crippen LogP contribution is 2.31. The van der Waals surface area contributed by atoms with Gasteiger partial charge in [0.05, 0.1) is 6.33 Å². The van der Waals surface area contributed by atoms with Crippen LogP contribution in [0.4, 0.5) is 5.95 Å². The first-order valence-corrected chi connectivity index (χ1v) is 9.55. The van der Waals surface area contributed by atoms with E-state index < -0.39 is 42.1 Å². The Kier molecular flexibility index (Phi) is 5.69. The summed E-state index contributed by atoms with van der Waals surface area (Å²) in [5, 5.41) is 20.8. The van der Waals surface area contributed by atoms with Crippen molar-refractivity contribution in [2.75, 3.05) is 12.3 Å². The minimum atomic E-state index is -1.39. The van der Waals surface area contributed by atoms with Crippen LogP contribution < -0.4 is 17.0 Å². The van der Waals surface area contributed by atoms with Crippen molar-refractivity contribution in [3.05, 3.63) is 52.6 Å². The highest BCUT2D eigenvalue weighted by atomic mass is 16.6. The maximum atomic E-state index is 12.2. The third kappa shape index (κ3) is 4.14. The van der Waals surface area contributed by atoms with Crippen LogP contribution in [0.5, 0.6) is 0 Å². The molecule has 0 bridgehead atoms. The summed E-state index contributed by atoms with van der Waals surface area (Å²) >= 11 is 0. The lowest BCUT2D eigenvalue weighted by Gasteiger charge is -2.17. The molecule has 4 rings (SSSR count). The summed E-state index contributed by atoms with van der Waals surface area (Å²) in [5.41, 5.74) is 11.9. The number of aromatic amines is 1. The molecule has 1 aliphatic rings. The van der Waals surface area contributed by atoms with Crippen molar-refractivity contribution in [3.8, 4) is 0 Å². The molecule has 0 aliphatic carbocycles. The van der Waals surface area contributed by atoms with Crippen molar-refractivity contribution in [2.24, 2.45) is 5.73 Å². The average Bonchev–Trinajstić information content (AvgIpc) is 3.28. The third-order valence-electron chi connectivity index (χ3n) is 5.05. The van der Waals surface area contributed by atoms with Gasteiger partial charge in [-0.25, -0.2) is 4.98 Å². The number of carbonyl (C=O) groups is 1. The van der Waals surface area contributed by atoms with E-state index in [2.05, 4.69) is 15.0 Å². The Labute approximate surface area is 175 Å². The fourth-order valence-corrected chi connectivity index (χ4v) is 3.45. The molecular formula is C19H22N6O6. The molecule has 5 unspecified atom stereocenters. The zero-order valence-electron chi connectivity index (χ0n) is 16.3. The van der Waals surface area contributed by atoms with Gasteiger partial charge in [-0.3, -0.25) is 19.1 Å². The molecule has 12 heteroatoms. The average molecular weight is 430 g/mol. The molecule has 1 fully saturated rings. The van der Waals surface area contributed by atoms with Gasteiger partial charge in [0.15, 0.2) is 17.4 Å². The number of ether oxygens (including phenoxy) is 2. The Morgan fingerprint density at radius 3 is 2.77 bits per heavy atom. The Bertz CT molecular complexity index is 1130. The summed E-state index contributed by atoms with van der Waals surface area (Å²) in [6, 6.07) is 8.34. The van der Waals surface area contributed by atoms with Crippen LogP contribution >= 0.6 is 0 Å². The maximum Gasteiger partial charge on any atom is 0.323 e. The van der Waals surface area contributed by atoms with E-state index in [9.17, 15) is 19.8 Å². The molecule has 31 heavy (non-hydrogen) atoms. The lowest BCUT2D eigenvalue weighted by atomic mass is 10.1. The number of rotatable bonds is 6. The Hall–Kier alpha value is -3.32. The summed E-state index contributed by atoms with van der Waals surface area (Å²) in [4.78, 5) is 34.4. The largest absolute Gasteiger partial charge is 0.462 e. The molecule has 2 aromatic heterocycles. The SMILES string of the molecule is Nc1nc2c(ncn2C2OC(COC(=O)C(N)Cc3ccccc3)C(O)C2O)c(=O)[nH]1. The molecule has 0 spiro atoms. The zero-order valence-corrected chi connectivity index (χ0v) is 16.3. The summed E-state index contributed by atoms with van der Waals surface area (Å²) in [5.74, 6) is -0.795. The first kappa shape index (κ1) is 20.9. The zero-order chi connectivity index (χ0) is 22.1. The van der Waals surface area contributed by atoms with E-state index in [4.69, 9.17) is 20.9 Å². The van der Waals surface area contributed by atoms with Gasteiger partial charge in [0.25, 0.3) is 5.56 Å². The van der Waals surface area contributed by atoms with Gasteiger partial charge in [-0.15, -0.1) is 0 Å². The fraction of sp³-hybridized carbons (Fsp3) is 0.368. The van der Waals surface area contributed by atoms with E-state index in [0.29, 0.717) is 6.42 Å². The highest BCUT2D eigenvalue weighted by molar-refractivity contribution is 5.76. The monoisotopic (exact) mass is 430 g/mol. The van der Waals surface area contributed by atoms with Crippen LogP contribution in [0.25, 0.3) is 11.2 Å². The van der Waals surface area contributed by atoms with Gasteiger partial charge in [0.1, 0.15) is 31.0 Å². The molecule has 1 aromatic carbocycles. The van der Waals surface area contributed by atoms with Crippen molar-refractivity contribution < 1.29 is 24.5 Å². The van der Waals surface area contributed by atoms with Gasteiger partial charge in [-0.1, -0.05) is 30.3 Å². The van der Waals surface area contributed by atoms with Gasteiger partial charge in [-0.05, 0) is 12.0 Å². The fourth-order valence-electron chi connectivity index (χ4n) is 3.45. The highest BCUT2D eigenvalue weighted by Gasteiger charge is 2.45. The number of imidazole rings is 1. The number of nitrogens with zero attached hydrogens (tertiary/aromatic N) is 3. The second-order valence-electron chi connectivity index (χ2n) is 7.25. The summed E-state index contributed by atoms with van der Waals surface area (Å²) in [6.45, 7) is -0.321. The molecule has 1 aliphatic heterocycles. The number of fused-ring (bicyclic) bond motifs is 1. The molecule has 164 valence electrons. The van der Waals surface area contributed by atoms with E-state index in [-0.39, 0.29) is 23.7 Å². The quantitative estimate of drug-likeness (QED) is 0.286. The number of hydrogen-bond acceptors (Lipinski definition) is 10. The standard InChI is InChI=1S/C19H22N6O6/c20-10(6-9-4-2-1-3-5-9)18(29)30-7-11-13(26)14(27)17(31-11)25-8-22-12-15(25)23-19(21)24-16(12)28/h1-5,8,10-11,13-14,17,26-27H,6-7,20H2,(H3,21,23,24,28). The van der Waals surface area contributed by atoms with Crippen molar-refractivity contribution in [3.63, 3.8) is 0 Å². The first-order chi connectivity index (χ1) is 14.8. The molecule has 0 saturated carbocycles. The van der Waals surface area contributed by atoms with Gasteiger partial charge in [0, 0.05) is 0 Å². The molecule has 7 N–H and O–H groups in total. The number of H-pyrrole nitrogens is 1. The van der Waals surface area contributed by atoms with Crippen molar-refractivity contribution in [2.45, 2.75) is 37.0 Å². The van der Waals surface area contributed by atoms with Crippen LogP contribution in [0.2, 0.25) is 0 Å². The van der Waals surface area contributed by atoms with E-state index in [1.807, 2.05) is 30.3 Å². The molecule has 12 nitrogen and oxygen atoms in total. The van der Waals surface area contributed by atoms with E-state index >= 15 is 0 Å². The Morgan fingerprint density at radius 1 is 1.29 bits per heavy atom. The number of nitrogen functional groups attached to an aromatic ring is 1. The second kappa shape index (κ2) is 8.43. The summed E-state index contributed by atoms with van der Waals surface area (Å²) < 4.78 is 12.2. The Balaban J connectivity index is 1.42. The molecule has 3 aromatic rings. The number of carbonyl (C=O) groups excluding carboxylic acids is 1. The van der Waals surface area contributed by atoms with E-state index in [1.165, 1.54) is 10.9 Å². The number of anilines is 1. The van der Waals surface area contributed by atoms with Gasteiger partial charge in [-0.2, -0.15) is 4.98 Å². The lowest BCUT2D eigenvalue weighted by Crippen LogP contribution is -2.38. The van der Waals surface area contributed by atoms with Crippen LogP contribution in [0.1, 0.15) is 11.8 Å². The van der Waals surface area contributed by atoms with Crippen molar-refractivity contribution >= 4 is 23.1 Å². The number of nitrogens with one attached hydrogen (secondary N) is 1. The van der Waals surface area contributed by atoms with Gasteiger partial charge in [0.2, 0.25) is 5.95 Å².